The Hall–Kier alpha value is -2.00. The Kier molecular flexibility index (Phi) is 8.21. The van der Waals surface area contributed by atoms with Gasteiger partial charge in [-0.15, -0.1) is 11.3 Å². The number of ether oxygens (including phenoxy) is 1. The van der Waals surface area contributed by atoms with E-state index in [0.717, 1.165) is 54.0 Å². The molecule has 1 aromatic heterocycles. The van der Waals surface area contributed by atoms with Crippen LogP contribution in [0.4, 0.5) is 0 Å². The Labute approximate surface area is 183 Å². The van der Waals surface area contributed by atoms with E-state index >= 15 is 0 Å². The van der Waals surface area contributed by atoms with Crippen molar-refractivity contribution in [1.29, 1.82) is 0 Å². The number of morpholine rings is 1. The molecule has 0 spiro atoms. The third-order valence-corrected chi connectivity index (χ3v) is 6.13. The van der Waals surface area contributed by atoms with Crippen LogP contribution >= 0.6 is 11.3 Å². The average molecular weight is 432 g/mol. The first-order valence-electron chi connectivity index (χ1n) is 10.5. The molecular formula is C22H33N5O2S. The van der Waals surface area contributed by atoms with Gasteiger partial charge in [0, 0.05) is 43.2 Å². The molecule has 0 aliphatic carbocycles. The zero-order chi connectivity index (χ0) is 21.4. The molecule has 1 unspecified atom stereocenters. The number of thiazole rings is 1. The summed E-state index contributed by atoms with van der Waals surface area (Å²) >= 11 is 1.68. The summed E-state index contributed by atoms with van der Waals surface area (Å²) in [5.74, 6) is 0.703. The molecule has 2 aromatic rings. The highest BCUT2D eigenvalue weighted by Gasteiger charge is 2.25. The Morgan fingerprint density at radius 2 is 2.00 bits per heavy atom. The van der Waals surface area contributed by atoms with Gasteiger partial charge in [-0.1, -0.05) is 30.3 Å². The number of nitrogens with one attached hydrogen (secondary N) is 2. The summed E-state index contributed by atoms with van der Waals surface area (Å²) in [7, 11) is 0. The van der Waals surface area contributed by atoms with Crippen LogP contribution in [0.25, 0.3) is 10.6 Å². The van der Waals surface area contributed by atoms with Gasteiger partial charge in [-0.25, -0.2) is 9.98 Å². The second kappa shape index (κ2) is 10.9. The number of nitrogens with zero attached hydrogens (tertiary/aromatic N) is 3. The van der Waals surface area contributed by atoms with E-state index in [2.05, 4.69) is 27.7 Å². The van der Waals surface area contributed by atoms with Crippen LogP contribution in [0.15, 0.2) is 35.3 Å². The second-order valence-electron chi connectivity index (χ2n) is 7.83. The highest BCUT2D eigenvalue weighted by molar-refractivity contribution is 7.15. The molecular weight excluding hydrogens is 398 g/mol. The van der Waals surface area contributed by atoms with Crippen LogP contribution in [0.1, 0.15) is 24.4 Å². The van der Waals surface area contributed by atoms with E-state index in [4.69, 9.17) is 14.7 Å². The predicted octanol–water partition coefficient (Wildman–Crippen LogP) is 2.26. The number of β-amino-alcohol motifs (C(OH)–C–C–N with tert-alkyl or cyclic N) is 1. The van der Waals surface area contributed by atoms with Gasteiger partial charge >= 0.3 is 0 Å². The minimum atomic E-state index is -0.853. The fourth-order valence-corrected chi connectivity index (χ4v) is 4.33. The molecule has 30 heavy (non-hydrogen) atoms. The number of aliphatic imine (C=N–C) groups is 1. The molecule has 7 nitrogen and oxygen atoms in total. The van der Waals surface area contributed by atoms with Gasteiger partial charge in [0.05, 0.1) is 31.1 Å². The third kappa shape index (κ3) is 6.77. The summed E-state index contributed by atoms with van der Waals surface area (Å²) in [6.07, 6.45) is 0. The van der Waals surface area contributed by atoms with Crippen LogP contribution in [0.5, 0.6) is 0 Å². The van der Waals surface area contributed by atoms with Gasteiger partial charge in [0.15, 0.2) is 5.96 Å². The van der Waals surface area contributed by atoms with Gasteiger partial charge < -0.3 is 20.5 Å². The Morgan fingerprint density at radius 3 is 2.70 bits per heavy atom. The van der Waals surface area contributed by atoms with Crippen molar-refractivity contribution in [3.63, 3.8) is 0 Å². The molecule has 3 N–H and O–H groups in total. The van der Waals surface area contributed by atoms with E-state index in [1.807, 2.05) is 39.0 Å². The molecule has 1 aromatic carbocycles. The monoisotopic (exact) mass is 431 g/mol. The molecule has 1 fully saturated rings. The van der Waals surface area contributed by atoms with Crippen molar-refractivity contribution in [1.82, 2.24) is 20.5 Å². The summed E-state index contributed by atoms with van der Waals surface area (Å²) in [5.41, 5.74) is 1.29. The number of hydrogen-bond donors (Lipinski definition) is 3. The van der Waals surface area contributed by atoms with Gasteiger partial charge in [-0.2, -0.15) is 0 Å². The standard InChI is InChI=1S/C22H33N5O2S/c1-4-23-21(25-15-22(3,28)16-27-10-12-29-13-11-27)24-14-19-17(2)26-20(30-19)18-8-6-5-7-9-18/h5-9,28H,4,10-16H2,1-3H3,(H2,23,24,25). The predicted molar refractivity (Wildman–Crippen MR) is 123 cm³/mol. The number of aliphatic hydroxyl groups is 1. The maximum atomic E-state index is 10.8. The normalized spacial score (nSPS) is 17.5. The molecule has 1 saturated heterocycles. The van der Waals surface area contributed by atoms with Crippen molar-refractivity contribution in [2.75, 3.05) is 45.9 Å². The van der Waals surface area contributed by atoms with E-state index in [0.29, 0.717) is 25.6 Å². The first-order valence-corrected chi connectivity index (χ1v) is 11.3. The molecule has 1 aliphatic rings. The third-order valence-electron chi connectivity index (χ3n) is 4.94. The van der Waals surface area contributed by atoms with Crippen molar-refractivity contribution >= 4 is 17.3 Å². The molecule has 2 heterocycles. The molecule has 164 valence electrons. The van der Waals surface area contributed by atoms with Crippen molar-refractivity contribution in [3.05, 3.63) is 40.9 Å². The summed E-state index contributed by atoms with van der Waals surface area (Å²) in [5, 5.41) is 18.4. The summed E-state index contributed by atoms with van der Waals surface area (Å²) in [6.45, 7) is 11.4. The molecule has 0 radical (unpaired) electrons. The summed E-state index contributed by atoms with van der Waals surface area (Å²) in [6, 6.07) is 10.2. The smallest absolute Gasteiger partial charge is 0.191 e. The number of guanidine groups is 1. The minimum Gasteiger partial charge on any atom is -0.387 e. The first kappa shape index (κ1) is 22.7. The van der Waals surface area contributed by atoms with Crippen molar-refractivity contribution < 1.29 is 9.84 Å². The van der Waals surface area contributed by atoms with E-state index in [-0.39, 0.29) is 0 Å². The fraction of sp³-hybridized carbons (Fsp3) is 0.545. The fourth-order valence-electron chi connectivity index (χ4n) is 3.34. The van der Waals surface area contributed by atoms with Gasteiger partial charge in [-0.05, 0) is 20.8 Å². The topological polar surface area (TPSA) is 82.0 Å². The molecule has 1 atom stereocenters. The van der Waals surface area contributed by atoms with Gasteiger partial charge in [0.2, 0.25) is 0 Å². The average Bonchev–Trinajstić information content (AvgIpc) is 3.12. The Bertz CT molecular complexity index is 816. The SMILES string of the molecule is CCNC(=NCc1sc(-c2ccccc2)nc1C)NCC(C)(O)CN1CCOCC1. The Morgan fingerprint density at radius 1 is 1.27 bits per heavy atom. The lowest BCUT2D eigenvalue weighted by molar-refractivity contribution is -0.0201. The highest BCUT2D eigenvalue weighted by Crippen LogP contribution is 2.28. The molecule has 8 heteroatoms. The lowest BCUT2D eigenvalue weighted by atomic mass is 10.1. The van der Waals surface area contributed by atoms with E-state index in [1.54, 1.807) is 11.3 Å². The van der Waals surface area contributed by atoms with Crippen LogP contribution in [-0.2, 0) is 11.3 Å². The minimum absolute atomic E-state index is 0.424. The molecule has 1 aliphatic heterocycles. The lowest BCUT2D eigenvalue weighted by Gasteiger charge is -2.34. The van der Waals surface area contributed by atoms with Crippen LogP contribution in [0.2, 0.25) is 0 Å². The van der Waals surface area contributed by atoms with Crippen LogP contribution in [0.3, 0.4) is 0 Å². The summed E-state index contributed by atoms with van der Waals surface area (Å²) < 4.78 is 5.39. The van der Waals surface area contributed by atoms with E-state index < -0.39 is 5.60 Å². The van der Waals surface area contributed by atoms with Crippen molar-refractivity contribution in [3.8, 4) is 10.6 Å². The molecule has 0 bridgehead atoms. The van der Waals surface area contributed by atoms with Gasteiger partial charge in [-0.3, -0.25) is 4.90 Å². The van der Waals surface area contributed by atoms with Crippen LogP contribution in [-0.4, -0.2) is 72.5 Å². The van der Waals surface area contributed by atoms with Crippen molar-refractivity contribution in [2.45, 2.75) is 32.9 Å². The maximum absolute atomic E-state index is 10.8. The van der Waals surface area contributed by atoms with Gasteiger partial charge in [0.25, 0.3) is 0 Å². The second-order valence-corrected chi connectivity index (χ2v) is 8.91. The number of benzene rings is 1. The zero-order valence-corrected chi connectivity index (χ0v) is 19.0. The van der Waals surface area contributed by atoms with Gasteiger partial charge in [0.1, 0.15) is 5.01 Å². The van der Waals surface area contributed by atoms with E-state index in [1.165, 1.54) is 0 Å². The van der Waals surface area contributed by atoms with Crippen LogP contribution < -0.4 is 10.6 Å². The lowest BCUT2D eigenvalue weighted by Crippen LogP contribution is -2.52. The quantitative estimate of drug-likeness (QED) is 0.439. The Balaban J connectivity index is 1.59. The maximum Gasteiger partial charge on any atom is 0.191 e. The highest BCUT2D eigenvalue weighted by atomic mass is 32.1. The van der Waals surface area contributed by atoms with Crippen LogP contribution in [0, 0.1) is 6.92 Å². The first-order chi connectivity index (χ1) is 14.5. The number of aryl methyl sites for hydroxylation is 1. The summed E-state index contributed by atoms with van der Waals surface area (Å²) in [4.78, 5) is 12.8. The van der Waals surface area contributed by atoms with E-state index in [9.17, 15) is 5.11 Å². The number of aromatic nitrogens is 1. The molecule has 0 saturated carbocycles. The molecule has 0 amide bonds. The number of rotatable bonds is 8. The molecule has 3 rings (SSSR count). The number of hydrogen-bond acceptors (Lipinski definition) is 6. The largest absolute Gasteiger partial charge is 0.387 e. The zero-order valence-electron chi connectivity index (χ0n) is 18.1. The van der Waals surface area contributed by atoms with Crippen molar-refractivity contribution in [2.24, 2.45) is 4.99 Å².